The van der Waals surface area contributed by atoms with Crippen molar-refractivity contribution >= 4 is 17.1 Å². The van der Waals surface area contributed by atoms with E-state index in [1.165, 1.54) is 0 Å². The van der Waals surface area contributed by atoms with Crippen LogP contribution in [0.25, 0.3) is 11.1 Å². The molecule has 0 spiro atoms. The molecule has 0 bridgehead atoms. The van der Waals surface area contributed by atoms with Crippen molar-refractivity contribution in [1.29, 1.82) is 0 Å². The molecule has 0 saturated carbocycles. The van der Waals surface area contributed by atoms with E-state index in [0.29, 0.717) is 5.75 Å². The summed E-state index contributed by atoms with van der Waals surface area (Å²) in [4.78, 5) is 16.4. The van der Waals surface area contributed by atoms with Gasteiger partial charge in [0, 0.05) is 0 Å². The molecular weight excluding hydrogens is 518 g/mol. The summed E-state index contributed by atoms with van der Waals surface area (Å²) in [5, 5.41) is 48.5. The van der Waals surface area contributed by atoms with E-state index in [2.05, 4.69) is 24.5 Å². The number of allylic oxidation sites excluding steroid dienone is 1. The van der Waals surface area contributed by atoms with Crippen molar-refractivity contribution in [2.75, 3.05) is 13.2 Å². The van der Waals surface area contributed by atoms with Crippen molar-refractivity contribution in [3.8, 4) is 11.5 Å². The number of rotatable bonds is 11. The Morgan fingerprint density at radius 2 is 1.48 bits per heavy atom. The van der Waals surface area contributed by atoms with E-state index >= 15 is 0 Å². The third-order valence-corrected chi connectivity index (χ3v) is 6.56. The average Bonchev–Trinajstić information content (AvgIpc) is 2.97. The van der Waals surface area contributed by atoms with Gasteiger partial charge < -0.3 is 35.0 Å². The molecule has 10 nitrogen and oxygen atoms in total. The molecule has 1 saturated heterocycles. The Morgan fingerprint density at radius 1 is 0.850 bits per heavy atom. The van der Waals surface area contributed by atoms with Crippen molar-refractivity contribution in [2.45, 2.75) is 44.1 Å². The second-order valence-corrected chi connectivity index (χ2v) is 9.24. The number of carboxylic acid groups (broad SMARTS) is 1. The Morgan fingerprint density at radius 3 is 2.08 bits per heavy atom. The number of hydrogen-bond donors (Lipinski definition) is 6. The summed E-state index contributed by atoms with van der Waals surface area (Å²) in [6, 6.07) is 24.9. The maximum absolute atomic E-state index is 11.2. The number of phenols is 1. The lowest BCUT2D eigenvalue weighted by molar-refractivity contribution is -0.308. The fourth-order valence-electron chi connectivity index (χ4n) is 4.53. The van der Waals surface area contributed by atoms with E-state index in [1.807, 2.05) is 54.6 Å². The molecule has 212 valence electrons. The van der Waals surface area contributed by atoms with Gasteiger partial charge in [0.05, 0.1) is 6.54 Å². The van der Waals surface area contributed by atoms with Crippen molar-refractivity contribution in [3.63, 3.8) is 0 Å². The van der Waals surface area contributed by atoms with E-state index in [-0.39, 0.29) is 18.9 Å². The molecular formula is C30H33NO9. The Kier molecular flexibility index (Phi) is 9.88. The van der Waals surface area contributed by atoms with Crippen LogP contribution < -0.4 is 10.2 Å². The van der Waals surface area contributed by atoms with Crippen LogP contribution in [0.15, 0.2) is 78.9 Å². The van der Waals surface area contributed by atoms with Crippen LogP contribution in [-0.2, 0) is 14.4 Å². The molecule has 1 unspecified atom stereocenters. The van der Waals surface area contributed by atoms with E-state index in [9.17, 15) is 25.2 Å². The highest BCUT2D eigenvalue weighted by Crippen LogP contribution is 2.35. The molecule has 1 aliphatic rings. The number of carbonyl (C=O) groups is 1. The molecule has 0 aromatic heterocycles. The molecule has 3 aromatic carbocycles. The molecule has 0 aliphatic carbocycles. The van der Waals surface area contributed by atoms with Crippen LogP contribution in [0.2, 0.25) is 0 Å². The SMILES string of the molecule is CC/C(=C(/c1ccc(O)cc1)c1ccc(OCCNOC2O[C@@H](C(=O)O)[C@H](O)[C@@H](O)[C@@H]2O)cc1)c1ccccc1. The zero-order valence-corrected chi connectivity index (χ0v) is 21.9. The van der Waals surface area contributed by atoms with Crippen LogP contribution in [0.1, 0.15) is 30.0 Å². The Balaban J connectivity index is 1.40. The normalized spacial score (nSPS) is 23.4. The first-order chi connectivity index (χ1) is 19.3. The molecule has 1 aliphatic heterocycles. The molecule has 0 radical (unpaired) electrons. The lowest BCUT2D eigenvalue weighted by Crippen LogP contribution is -2.61. The van der Waals surface area contributed by atoms with E-state index in [0.717, 1.165) is 34.3 Å². The van der Waals surface area contributed by atoms with Crippen molar-refractivity contribution < 1.29 is 44.6 Å². The Bertz CT molecular complexity index is 1280. The molecule has 5 atom stereocenters. The fourth-order valence-corrected chi connectivity index (χ4v) is 4.53. The summed E-state index contributed by atoms with van der Waals surface area (Å²) in [6.07, 6.45) is -7.62. The zero-order valence-electron chi connectivity index (χ0n) is 21.9. The molecule has 6 N–H and O–H groups in total. The number of hydrogen-bond acceptors (Lipinski definition) is 9. The van der Waals surface area contributed by atoms with Gasteiger partial charge >= 0.3 is 5.97 Å². The first kappa shape index (κ1) is 29.2. The highest BCUT2D eigenvalue weighted by atomic mass is 16.8. The molecule has 4 rings (SSSR count). The number of benzene rings is 3. The van der Waals surface area contributed by atoms with Crippen LogP contribution in [0, 0.1) is 0 Å². The third-order valence-electron chi connectivity index (χ3n) is 6.56. The van der Waals surface area contributed by atoms with Gasteiger partial charge in [-0.3, -0.25) is 4.84 Å². The first-order valence-electron chi connectivity index (χ1n) is 12.9. The molecule has 0 amide bonds. The predicted molar refractivity (Wildman–Crippen MR) is 146 cm³/mol. The van der Waals surface area contributed by atoms with Crippen LogP contribution in [-0.4, -0.2) is 75.4 Å². The number of nitrogens with one attached hydrogen (secondary N) is 1. The molecule has 1 fully saturated rings. The maximum Gasteiger partial charge on any atom is 0.335 e. The number of aliphatic hydroxyl groups is 3. The summed E-state index contributed by atoms with van der Waals surface area (Å²) in [6.45, 7) is 2.43. The second kappa shape index (κ2) is 13.5. The third kappa shape index (κ3) is 6.86. The predicted octanol–water partition coefficient (Wildman–Crippen LogP) is 2.55. The average molecular weight is 552 g/mol. The van der Waals surface area contributed by atoms with Crippen LogP contribution >= 0.6 is 0 Å². The summed E-state index contributed by atoms with van der Waals surface area (Å²) in [5.74, 6) is -0.689. The number of aromatic hydroxyl groups is 1. The summed E-state index contributed by atoms with van der Waals surface area (Å²) in [7, 11) is 0. The smallest absolute Gasteiger partial charge is 0.335 e. The molecule has 10 heteroatoms. The maximum atomic E-state index is 11.2. The largest absolute Gasteiger partial charge is 0.508 e. The molecule has 40 heavy (non-hydrogen) atoms. The zero-order chi connectivity index (χ0) is 28.6. The number of aliphatic carboxylic acids is 1. The summed E-state index contributed by atoms with van der Waals surface area (Å²) >= 11 is 0. The number of phenolic OH excluding ortho intramolecular Hbond substituents is 1. The van der Waals surface area contributed by atoms with Gasteiger partial charge in [0.15, 0.2) is 6.10 Å². The highest BCUT2D eigenvalue weighted by Gasteiger charge is 2.47. The Labute approximate surface area is 231 Å². The lowest BCUT2D eigenvalue weighted by atomic mass is 9.88. The van der Waals surface area contributed by atoms with Gasteiger partial charge in [-0.05, 0) is 58.5 Å². The van der Waals surface area contributed by atoms with Crippen LogP contribution in [0.3, 0.4) is 0 Å². The minimum atomic E-state index is -1.79. The minimum Gasteiger partial charge on any atom is -0.508 e. The Hall–Kier alpha value is -3.77. The van der Waals surface area contributed by atoms with Gasteiger partial charge in [-0.15, -0.1) is 0 Å². The summed E-state index contributed by atoms with van der Waals surface area (Å²) < 4.78 is 10.8. The van der Waals surface area contributed by atoms with Gasteiger partial charge in [-0.2, -0.15) is 5.48 Å². The molecule has 3 aromatic rings. The second-order valence-electron chi connectivity index (χ2n) is 9.24. The molecule has 1 heterocycles. The number of ether oxygens (including phenoxy) is 2. The monoisotopic (exact) mass is 551 g/mol. The van der Waals surface area contributed by atoms with E-state index in [4.69, 9.17) is 19.4 Å². The van der Waals surface area contributed by atoms with E-state index in [1.54, 1.807) is 12.1 Å². The number of aliphatic hydroxyl groups excluding tert-OH is 3. The fraction of sp³-hybridized carbons (Fsp3) is 0.300. The van der Waals surface area contributed by atoms with Gasteiger partial charge in [0.25, 0.3) is 0 Å². The quantitative estimate of drug-likeness (QED) is 0.119. The topological polar surface area (TPSA) is 158 Å². The lowest BCUT2D eigenvalue weighted by Gasteiger charge is -2.38. The standard InChI is InChI=1S/C30H33NO9/c1-2-23(18-6-4-3-5-7-18)24(19-8-12-21(32)13-9-19)20-10-14-22(15-11-20)38-17-16-31-40-30-27(35)25(33)26(34)28(39-30)29(36)37/h3-15,25-28,30-35H,2,16-17H2,1H3,(H,36,37)/b24-23+/t25-,26-,27+,28-,30?/m1/s1. The highest BCUT2D eigenvalue weighted by molar-refractivity contribution is 5.98. The van der Waals surface area contributed by atoms with Gasteiger partial charge in [-0.25, -0.2) is 4.79 Å². The number of hydroxylamine groups is 1. The first-order valence-corrected chi connectivity index (χ1v) is 12.9. The van der Waals surface area contributed by atoms with Crippen molar-refractivity contribution in [3.05, 3.63) is 95.6 Å². The summed E-state index contributed by atoms with van der Waals surface area (Å²) in [5.41, 5.74) is 7.81. The minimum absolute atomic E-state index is 0.150. The van der Waals surface area contributed by atoms with Crippen molar-refractivity contribution in [2.24, 2.45) is 0 Å². The van der Waals surface area contributed by atoms with Crippen LogP contribution in [0.5, 0.6) is 11.5 Å². The van der Waals surface area contributed by atoms with Crippen molar-refractivity contribution in [1.82, 2.24) is 5.48 Å². The van der Waals surface area contributed by atoms with E-state index < -0.39 is 36.7 Å². The van der Waals surface area contributed by atoms with Crippen LogP contribution in [0.4, 0.5) is 0 Å². The van der Waals surface area contributed by atoms with Gasteiger partial charge in [0.1, 0.15) is 36.4 Å². The van der Waals surface area contributed by atoms with Gasteiger partial charge in [-0.1, -0.05) is 61.5 Å². The van der Waals surface area contributed by atoms with Gasteiger partial charge in [0.2, 0.25) is 6.29 Å². The number of carboxylic acids is 1.